The summed E-state index contributed by atoms with van der Waals surface area (Å²) in [5, 5.41) is 0. The molecule has 25 heavy (non-hydrogen) atoms. The summed E-state index contributed by atoms with van der Waals surface area (Å²) in [6.07, 6.45) is 4.88. The molecule has 0 spiro atoms. The van der Waals surface area contributed by atoms with E-state index in [4.69, 9.17) is 4.74 Å². The number of pyridine rings is 1. The van der Waals surface area contributed by atoms with Crippen molar-refractivity contribution >= 4 is 17.6 Å². The molecule has 124 valence electrons. The van der Waals surface area contributed by atoms with Gasteiger partial charge in [0.1, 0.15) is 11.6 Å². The van der Waals surface area contributed by atoms with E-state index in [1.165, 1.54) is 6.07 Å². The fourth-order valence-electron chi connectivity index (χ4n) is 3.00. The number of nitrogens with zero attached hydrogens (tertiary/aromatic N) is 3. The molecule has 4 rings (SSSR count). The Balaban J connectivity index is 1.90. The van der Waals surface area contributed by atoms with Gasteiger partial charge in [0.25, 0.3) is 0 Å². The van der Waals surface area contributed by atoms with Crippen LogP contribution in [0.1, 0.15) is 17.3 Å². The van der Waals surface area contributed by atoms with Gasteiger partial charge in [0.2, 0.25) is 0 Å². The number of hydrogen-bond donors (Lipinski definition) is 0. The third kappa shape index (κ3) is 2.74. The number of aromatic nitrogens is 1. The van der Waals surface area contributed by atoms with Crippen LogP contribution in [0.4, 0.5) is 15.8 Å². The van der Waals surface area contributed by atoms with Crippen LogP contribution < -0.4 is 9.64 Å². The van der Waals surface area contributed by atoms with Crippen LogP contribution in [0.15, 0.2) is 72.0 Å². The summed E-state index contributed by atoms with van der Waals surface area (Å²) in [5.41, 5.74) is 3.11. The molecule has 0 fully saturated rings. The highest BCUT2D eigenvalue weighted by Gasteiger charge is 2.28. The van der Waals surface area contributed by atoms with Crippen LogP contribution >= 0.6 is 0 Å². The van der Waals surface area contributed by atoms with Gasteiger partial charge in [-0.05, 0) is 36.4 Å². The first-order valence-corrected chi connectivity index (χ1v) is 7.93. The topological polar surface area (TPSA) is 37.7 Å². The zero-order valence-electron chi connectivity index (χ0n) is 13.6. The number of anilines is 2. The first kappa shape index (κ1) is 15.3. The van der Waals surface area contributed by atoms with Crippen LogP contribution in [-0.2, 0) is 0 Å². The molecule has 2 aromatic carbocycles. The molecule has 1 unspecified atom stereocenters. The SMILES string of the molecule is COc1ccc2c(c1)C=NC(c1cccnc1)N2c1ccccc1F. The molecule has 1 aliphatic heterocycles. The van der Waals surface area contributed by atoms with Crippen LogP contribution in [0.25, 0.3) is 0 Å². The lowest BCUT2D eigenvalue weighted by Crippen LogP contribution is -2.27. The fraction of sp³-hybridized carbons (Fsp3) is 0.100. The van der Waals surface area contributed by atoms with Crippen molar-refractivity contribution in [2.24, 2.45) is 4.99 Å². The van der Waals surface area contributed by atoms with E-state index in [2.05, 4.69) is 9.98 Å². The summed E-state index contributed by atoms with van der Waals surface area (Å²) in [6, 6.07) is 16.2. The third-order valence-electron chi connectivity index (χ3n) is 4.19. The maximum Gasteiger partial charge on any atom is 0.152 e. The number of halogens is 1. The van der Waals surface area contributed by atoms with Crippen LogP contribution in [0.2, 0.25) is 0 Å². The zero-order chi connectivity index (χ0) is 17.2. The summed E-state index contributed by atoms with van der Waals surface area (Å²) in [7, 11) is 1.62. The average molecular weight is 333 g/mol. The lowest BCUT2D eigenvalue weighted by atomic mass is 10.1. The normalized spacial score (nSPS) is 15.8. The van der Waals surface area contributed by atoms with Crippen molar-refractivity contribution in [3.05, 3.63) is 83.9 Å². The standard InChI is InChI=1S/C20H16FN3O/c1-25-16-8-9-18-15(11-16)13-23-20(14-5-4-10-22-12-14)24(18)19-7-3-2-6-17(19)21/h2-13,20H,1H3. The molecule has 0 saturated heterocycles. The number of benzene rings is 2. The van der Waals surface area contributed by atoms with Crippen molar-refractivity contribution in [2.45, 2.75) is 6.17 Å². The highest BCUT2D eigenvalue weighted by molar-refractivity contribution is 5.93. The Bertz CT molecular complexity index is 927. The average Bonchev–Trinajstić information content (AvgIpc) is 2.68. The smallest absolute Gasteiger partial charge is 0.152 e. The van der Waals surface area contributed by atoms with Crippen LogP contribution in [0.5, 0.6) is 5.75 Å². The molecular formula is C20H16FN3O. The molecule has 0 radical (unpaired) electrons. The number of rotatable bonds is 3. The predicted octanol–water partition coefficient (Wildman–Crippen LogP) is 4.50. The van der Waals surface area contributed by atoms with E-state index < -0.39 is 0 Å². The van der Waals surface area contributed by atoms with Crippen LogP contribution in [0, 0.1) is 5.82 Å². The second-order valence-electron chi connectivity index (χ2n) is 5.68. The van der Waals surface area contributed by atoms with Gasteiger partial charge >= 0.3 is 0 Å². The van der Waals surface area contributed by atoms with Gasteiger partial charge in [0.05, 0.1) is 18.5 Å². The molecule has 1 aromatic heterocycles. The number of hydrogen-bond acceptors (Lipinski definition) is 4. The lowest BCUT2D eigenvalue weighted by molar-refractivity contribution is 0.414. The molecule has 0 N–H and O–H groups in total. The minimum Gasteiger partial charge on any atom is -0.497 e. The van der Waals surface area contributed by atoms with Gasteiger partial charge in [-0.25, -0.2) is 4.39 Å². The van der Waals surface area contributed by atoms with Crippen LogP contribution in [0.3, 0.4) is 0 Å². The molecular weight excluding hydrogens is 317 g/mol. The van der Waals surface area contributed by atoms with Gasteiger partial charge in [-0.15, -0.1) is 0 Å². The van der Waals surface area contributed by atoms with E-state index in [1.807, 2.05) is 41.3 Å². The molecule has 4 nitrogen and oxygen atoms in total. The molecule has 0 saturated carbocycles. The Morgan fingerprint density at radius 2 is 1.92 bits per heavy atom. The van der Waals surface area contributed by atoms with Crippen molar-refractivity contribution in [1.29, 1.82) is 0 Å². The summed E-state index contributed by atoms with van der Waals surface area (Å²) in [5.74, 6) is 0.439. The van der Waals surface area contributed by atoms with Gasteiger partial charge < -0.3 is 9.64 Å². The number of fused-ring (bicyclic) bond motifs is 1. The summed E-state index contributed by atoms with van der Waals surface area (Å²) < 4.78 is 19.9. The number of para-hydroxylation sites is 1. The van der Waals surface area contributed by atoms with Gasteiger partial charge in [0.15, 0.2) is 6.17 Å². The zero-order valence-corrected chi connectivity index (χ0v) is 13.6. The molecule has 0 amide bonds. The summed E-state index contributed by atoms with van der Waals surface area (Å²) >= 11 is 0. The van der Waals surface area contributed by atoms with Gasteiger partial charge in [0, 0.05) is 29.7 Å². The molecule has 5 heteroatoms. The Morgan fingerprint density at radius 1 is 1.04 bits per heavy atom. The Hall–Kier alpha value is -3.21. The van der Waals surface area contributed by atoms with E-state index in [-0.39, 0.29) is 12.0 Å². The van der Waals surface area contributed by atoms with E-state index in [1.54, 1.807) is 37.9 Å². The number of methoxy groups -OCH3 is 1. The van der Waals surface area contributed by atoms with Gasteiger partial charge in [-0.1, -0.05) is 18.2 Å². The molecule has 2 heterocycles. The quantitative estimate of drug-likeness (QED) is 0.708. The van der Waals surface area contributed by atoms with Crippen molar-refractivity contribution in [3.63, 3.8) is 0 Å². The van der Waals surface area contributed by atoms with E-state index >= 15 is 0 Å². The highest BCUT2D eigenvalue weighted by Crippen LogP contribution is 2.41. The maximum absolute atomic E-state index is 14.6. The molecule has 1 atom stereocenters. The van der Waals surface area contributed by atoms with Crippen LogP contribution in [-0.4, -0.2) is 18.3 Å². The van der Waals surface area contributed by atoms with Crippen molar-refractivity contribution in [1.82, 2.24) is 4.98 Å². The fourth-order valence-corrected chi connectivity index (χ4v) is 3.00. The molecule has 1 aliphatic rings. The third-order valence-corrected chi connectivity index (χ3v) is 4.19. The van der Waals surface area contributed by atoms with Gasteiger partial charge in [-0.2, -0.15) is 0 Å². The molecule has 0 bridgehead atoms. The second-order valence-corrected chi connectivity index (χ2v) is 5.68. The monoisotopic (exact) mass is 333 g/mol. The first-order chi connectivity index (χ1) is 12.3. The minimum absolute atomic E-state index is 0.296. The Labute approximate surface area is 145 Å². The summed E-state index contributed by atoms with van der Waals surface area (Å²) in [4.78, 5) is 10.7. The number of aliphatic imine (C=N–C) groups is 1. The minimum atomic E-state index is -0.383. The number of ether oxygens (including phenoxy) is 1. The highest BCUT2D eigenvalue weighted by atomic mass is 19.1. The largest absolute Gasteiger partial charge is 0.497 e. The van der Waals surface area contributed by atoms with Crippen molar-refractivity contribution in [3.8, 4) is 5.75 Å². The molecule has 0 aliphatic carbocycles. The van der Waals surface area contributed by atoms with Gasteiger partial charge in [-0.3, -0.25) is 9.98 Å². The second kappa shape index (κ2) is 6.36. The first-order valence-electron chi connectivity index (χ1n) is 7.93. The van der Waals surface area contributed by atoms with E-state index in [0.29, 0.717) is 5.69 Å². The van der Waals surface area contributed by atoms with Crippen molar-refractivity contribution in [2.75, 3.05) is 12.0 Å². The van der Waals surface area contributed by atoms with Crippen molar-refractivity contribution < 1.29 is 9.13 Å². The maximum atomic E-state index is 14.6. The Kier molecular flexibility index (Phi) is 3.90. The predicted molar refractivity (Wildman–Crippen MR) is 96.1 cm³/mol. The Morgan fingerprint density at radius 3 is 2.68 bits per heavy atom. The lowest BCUT2D eigenvalue weighted by Gasteiger charge is -2.35. The van der Waals surface area contributed by atoms with E-state index in [0.717, 1.165) is 22.6 Å². The summed E-state index contributed by atoms with van der Waals surface area (Å²) in [6.45, 7) is 0. The van der Waals surface area contributed by atoms with E-state index in [9.17, 15) is 4.39 Å². The molecule has 3 aromatic rings.